The summed E-state index contributed by atoms with van der Waals surface area (Å²) < 4.78 is 33.3. The van der Waals surface area contributed by atoms with Crippen LogP contribution in [0.4, 0.5) is 0 Å². The summed E-state index contributed by atoms with van der Waals surface area (Å²) in [6.45, 7) is 3.87. The lowest BCUT2D eigenvalue weighted by molar-refractivity contribution is -0.154. The maximum Gasteiger partial charge on any atom is 0.472 e. The van der Waals surface area contributed by atoms with E-state index in [1.165, 1.54) is 141 Å². The van der Waals surface area contributed by atoms with Crippen LogP contribution in [-0.2, 0) is 32.7 Å². The van der Waals surface area contributed by atoms with Gasteiger partial charge in [0.05, 0.1) is 19.8 Å². The number of hydrogen-bond acceptors (Lipinski definition) is 8. The van der Waals surface area contributed by atoms with Crippen LogP contribution >= 0.6 is 7.82 Å². The SMILES string of the molecule is CCCCCCC/C=C\C/C=C\CCCCCCCCCCCCOCC(COP(=O)(O)OCC(N)C(=O)O)OC(=O)CCCCCCCCCCCCC. The van der Waals surface area contributed by atoms with Gasteiger partial charge in [-0.3, -0.25) is 18.6 Å². The number of carbonyl (C=O) groups excluding carboxylic acids is 1. The Morgan fingerprint density at radius 1 is 0.582 bits per heavy atom. The number of unbranched alkanes of at least 4 members (excludes halogenated alkanes) is 25. The molecule has 4 N–H and O–H groups in total. The smallest absolute Gasteiger partial charge is 0.472 e. The third-order valence-corrected chi connectivity index (χ3v) is 10.7. The maximum atomic E-state index is 12.6. The van der Waals surface area contributed by atoms with Gasteiger partial charge in [0.25, 0.3) is 0 Å². The first kappa shape index (κ1) is 53.5. The molecular formula is C44H84NO9P. The lowest BCUT2D eigenvalue weighted by Gasteiger charge is -2.20. The van der Waals surface area contributed by atoms with E-state index in [2.05, 4.69) is 38.2 Å². The van der Waals surface area contributed by atoms with Crippen molar-refractivity contribution in [1.29, 1.82) is 0 Å². The highest BCUT2D eigenvalue weighted by Gasteiger charge is 2.27. The molecule has 0 spiro atoms. The number of rotatable bonds is 43. The molecular weight excluding hydrogens is 717 g/mol. The number of carboxylic acid groups (broad SMARTS) is 1. The van der Waals surface area contributed by atoms with E-state index >= 15 is 0 Å². The van der Waals surface area contributed by atoms with Crippen LogP contribution in [0.15, 0.2) is 24.3 Å². The Kier molecular flexibility index (Phi) is 39.5. The van der Waals surface area contributed by atoms with Gasteiger partial charge in [-0.15, -0.1) is 0 Å². The summed E-state index contributed by atoms with van der Waals surface area (Å²) >= 11 is 0. The molecule has 55 heavy (non-hydrogen) atoms. The summed E-state index contributed by atoms with van der Waals surface area (Å²) in [5.41, 5.74) is 5.35. The van der Waals surface area contributed by atoms with Crippen molar-refractivity contribution in [2.24, 2.45) is 5.73 Å². The van der Waals surface area contributed by atoms with Crippen LogP contribution < -0.4 is 5.73 Å². The predicted molar refractivity (Wildman–Crippen MR) is 226 cm³/mol. The van der Waals surface area contributed by atoms with Gasteiger partial charge >= 0.3 is 19.8 Å². The van der Waals surface area contributed by atoms with Gasteiger partial charge in [0, 0.05) is 13.0 Å². The van der Waals surface area contributed by atoms with Crippen molar-refractivity contribution in [3.05, 3.63) is 24.3 Å². The monoisotopic (exact) mass is 802 g/mol. The number of phosphoric acid groups is 1. The van der Waals surface area contributed by atoms with Crippen molar-refractivity contribution < 1.29 is 42.7 Å². The van der Waals surface area contributed by atoms with Crippen LogP contribution in [0, 0.1) is 0 Å². The highest BCUT2D eigenvalue weighted by Crippen LogP contribution is 2.43. The molecule has 0 saturated heterocycles. The lowest BCUT2D eigenvalue weighted by Crippen LogP contribution is -2.34. The van der Waals surface area contributed by atoms with Crippen molar-refractivity contribution in [3.63, 3.8) is 0 Å². The highest BCUT2D eigenvalue weighted by molar-refractivity contribution is 7.47. The molecule has 0 amide bonds. The molecule has 0 rings (SSSR count). The van der Waals surface area contributed by atoms with Gasteiger partial charge in [-0.25, -0.2) is 4.57 Å². The third kappa shape index (κ3) is 40.4. The Bertz CT molecular complexity index is 977. The first-order chi connectivity index (χ1) is 26.7. The summed E-state index contributed by atoms with van der Waals surface area (Å²) in [6.07, 6.45) is 43.8. The third-order valence-electron chi connectivity index (χ3n) is 9.73. The molecule has 0 aliphatic rings. The first-order valence-electron chi connectivity index (χ1n) is 22.4. The summed E-state index contributed by atoms with van der Waals surface area (Å²) in [5.74, 6) is -1.77. The minimum atomic E-state index is -4.61. The zero-order valence-corrected chi connectivity index (χ0v) is 36.2. The van der Waals surface area contributed by atoms with Gasteiger partial charge < -0.3 is 25.2 Å². The first-order valence-corrected chi connectivity index (χ1v) is 23.9. The molecule has 3 unspecified atom stereocenters. The van der Waals surface area contributed by atoms with Crippen molar-refractivity contribution in [3.8, 4) is 0 Å². The summed E-state index contributed by atoms with van der Waals surface area (Å²) in [6, 6.07) is -1.47. The molecule has 0 aliphatic carbocycles. The largest absolute Gasteiger partial charge is 0.480 e. The van der Waals surface area contributed by atoms with Crippen LogP contribution in [0.3, 0.4) is 0 Å². The predicted octanol–water partition coefficient (Wildman–Crippen LogP) is 12.3. The molecule has 0 fully saturated rings. The Hall–Kier alpha value is -1.55. The fourth-order valence-electron chi connectivity index (χ4n) is 6.22. The summed E-state index contributed by atoms with van der Waals surface area (Å²) in [7, 11) is -4.61. The molecule has 0 aliphatic heterocycles. The van der Waals surface area contributed by atoms with Crippen LogP contribution in [0.25, 0.3) is 0 Å². The second-order valence-corrected chi connectivity index (χ2v) is 16.6. The Labute approximate surface area is 336 Å². The quantitative estimate of drug-likeness (QED) is 0.0235. The van der Waals surface area contributed by atoms with Gasteiger partial charge in [-0.05, 0) is 44.9 Å². The molecule has 11 heteroatoms. The zero-order valence-electron chi connectivity index (χ0n) is 35.3. The number of allylic oxidation sites excluding steroid dienone is 4. The minimum absolute atomic E-state index is 0.0186. The van der Waals surface area contributed by atoms with Gasteiger partial charge in [0.15, 0.2) is 0 Å². The normalized spacial score (nSPS) is 14.1. The molecule has 10 nitrogen and oxygen atoms in total. The molecule has 0 radical (unpaired) electrons. The van der Waals surface area contributed by atoms with E-state index in [1.807, 2.05) is 0 Å². The number of nitrogens with two attached hydrogens (primary N) is 1. The Morgan fingerprint density at radius 2 is 1.00 bits per heavy atom. The Balaban J connectivity index is 4.12. The van der Waals surface area contributed by atoms with E-state index in [0.717, 1.165) is 38.5 Å². The molecule has 324 valence electrons. The van der Waals surface area contributed by atoms with Crippen molar-refractivity contribution >= 4 is 19.8 Å². The van der Waals surface area contributed by atoms with Crippen LogP contribution in [0.1, 0.15) is 206 Å². The summed E-state index contributed by atoms with van der Waals surface area (Å²) in [5, 5.41) is 8.89. The van der Waals surface area contributed by atoms with E-state index in [4.69, 9.17) is 29.4 Å². The second kappa shape index (κ2) is 40.6. The van der Waals surface area contributed by atoms with E-state index in [0.29, 0.717) is 13.0 Å². The fourth-order valence-corrected chi connectivity index (χ4v) is 7.00. The topological polar surface area (TPSA) is 155 Å². The van der Waals surface area contributed by atoms with Gasteiger partial charge in [-0.2, -0.15) is 0 Å². The molecule has 3 atom stereocenters. The highest BCUT2D eigenvalue weighted by atomic mass is 31.2. The number of ether oxygens (including phenoxy) is 2. The van der Waals surface area contributed by atoms with Crippen LogP contribution in [0.2, 0.25) is 0 Å². The number of esters is 1. The standard InChI is InChI=1S/C44H84NO9P/c1-3-5-7-9-11-13-15-16-17-18-19-20-21-22-23-24-25-27-29-31-33-35-37-51-38-41(39-52-55(49,50)53-40-42(45)44(47)48)54-43(46)36-34-32-30-28-26-14-12-10-8-6-4-2/h15-16,18-19,41-42H,3-14,17,20-40,45H2,1-2H3,(H,47,48)(H,49,50)/b16-15-,19-18-. The zero-order chi connectivity index (χ0) is 40.5. The molecule has 0 saturated carbocycles. The molecule has 0 aromatic rings. The molecule has 0 heterocycles. The minimum Gasteiger partial charge on any atom is -0.480 e. The van der Waals surface area contributed by atoms with Crippen molar-refractivity contribution in [2.75, 3.05) is 26.4 Å². The van der Waals surface area contributed by atoms with Gasteiger partial charge in [-0.1, -0.05) is 179 Å². The maximum absolute atomic E-state index is 12.6. The van der Waals surface area contributed by atoms with Crippen LogP contribution in [0.5, 0.6) is 0 Å². The average molecular weight is 802 g/mol. The number of carboxylic acids is 1. The van der Waals surface area contributed by atoms with E-state index in [9.17, 15) is 19.0 Å². The van der Waals surface area contributed by atoms with Gasteiger partial charge in [0.2, 0.25) is 0 Å². The van der Waals surface area contributed by atoms with Crippen molar-refractivity contribution in [2.45, 2.75) is 219 Å². The second-order valence-electron chi connectivity index (χ2n) is 15.2. The van der Waals surface area contributed by atoms with Gasteiger partial charge in [0.1, 0.15) is 12.1 Å². The number of phosphoric ester groups is 1. The van der Waals surface area contributed by atoms with Crippen LogP contribution in [-0.4, -0.2) is 60.5 Å². The van der Waals surface area contributed by atoms with E-state index < -0.39 is 45.1 Å². The number of hydrogen-bond donors (Lipinski definition) is 3. The molecule has 0 aromatic carbocycles. The van der Waals surface area contributed by atoms with Crippen molar-refractivity contribution in [1.82, 2.24) is 0 Å². The lowest BCUT2D eigenvalue weighted by atomic mass is 10.1. The Morgan fingerprint density at radius 3 is 1.47 bits per heavy atom. The number of carbonyl (C=O) groups is 2. The molecule has 0 aromatic heterocycles. The summed E-state index contributed by atoms with van der Waals surface area (Å²) in [4.78, 5) is 33.5. The average Bonchev–Trinajstić information content (AvgIpc) is 3.16. The van der Waals surface area contributed by atoms with E-state index in [1.54, 1.807) is 0 Å². The number of aliphatic carboxylic acids is 1. The molecule has 0 bridgehead atoms. The van der Waals surface area contributed by atoms with E-state index in [-0.39, 0.29) is 13.0 Å². The fraction of sp³-hybridized carbons (Fsp3) is 0.864.